The molecule has 2 N–H and O–H groups in total. The highest BCUT2D eigenvalue weighted by Crippen LogP contribution is 2.37. The first-order valence-corrected chi connectivity index (χ1v) is 8.44. The highest BCUT2D eigenvalue weighted by Gasteiger charge is 2.18. The van der Waals surface area contributed by atoms with Gasteiger partial charge in [-0.25, -0.2) is 4.39 Å². The van der Waals surface area contributed by atoms with Crippen LogP contribution in [0.3, 0.4) is 0 Å². The second kappa shape index (κ2) is 8.63. The average molecular weight is 360 g/mol. The second-order valence-electron chi connectivity index (χ2n) is 4.88. The average Bonchev–Trinajstić information content (AvgIpc) is 2.44. The first-order chi connectivity index (χ1) is 10.6. The van der Waals surface area contributed by atoms with Crippen LogP contribution in [0.4, 0.5) is 4.39 Å². The van der Waals surface area contributed by atoms with E-state index in [0.717, 1.165) is 0 Å². The third-order valence-electron chi connectivity index (χ3n) is 3.17. The maximum absolute atomic E-state index is 11.9. The zero-order chi connectivity index (χ0) is 15.9. The van der Waals surface area contributed by atoms with E-state index in [2.05, 4.69) is 4.72 Å². The molecule has 0 heterocycles. The Hall–Kier alpha value is -0.940. The fraction of sp³-hybridized carbons (Fsp3) is 0.250. The van der Waals surface area contributed by atoms with Crippen molar-refractivity contribution in [3.63, 3.8) is 0 Å². The number of aromatic hydroxyl groups is 1. The molecule has 0 unspecified atom stereocenters. The van der Waals surface area contributed by atoms with Crippen molar-refractivity contribution >= 4 is 35.1 Å². The molecule has 0 radical (unpaired) electrons. The van der Waals surface area contributed by atoms with Crippen LogP contribution in [-0.4, -0.2) is 11.1 Å². The lowest BCUT2D eigenvalue weighted by Gasteiger charge is -2.25. The van der Waals surface area contributed by atoms with Crippen LogP contribution in [0.25, 0.3) is 0 Å². The molecule has 0 saturated heterocycles. The molecule has 118 valence electrons. The molecule has 0 spiro atoms. The molecule has 22 heavy (non-hydrogen) atoms. The zero-order valence-corrected chi connectivity index (χ0v) is 14.1. The maximum Gasteiger partial charge on any atom is 0.149 e. The molecule has 6 heteroatoms. The summed E-state index contributed by atoms with van der Waals surface area (Å²) in [6.45, 7) is 0. The van der Waals surface area contributed by atoms with Crippen LogP contribution in [0.2, 0.25) is 10.0 Å². The standard InChI is InChI=1S/C10H11Cl2NOS.C6H5F/c11-6-4-8(12)10(14)9(5-6)15-13-7-2-1-3-7;7-6-4-2-1-3-5-6/h4-5,7,13-14H,1-3H2;1-5H. The van der Waals surface area contributed by atoms with Gasteiger partial charge in [-0.1, -0.05) is 47.8 Å². The van der Waals surface area contributed by atoms with E-state index in [1.54, 1.807) is 24.3 Å². The SMILES string of the molecule is Fc1ccccc1.Oc1c(Cl)cc(Cl)cc1SNC1CCC1. The van der Waals surface area contributed by atoms with Gasteiger partial charge in [-0.3, -0.25) is 4.72 Å². The predicted molar refractivity (Wildman–Crippen MR) is 91.2 cm³/mol. The smallest absolute Gasteiger partial charge is 0.149 e. The highest BCUT2D eigenvalue weighted by molar-refractivity contribution is 7.97. The van der Waals surface area contributed by atoms with Gasteiger partial charge in [-0.2, -0.15) is 0 Å². The Morgan fingerprint density at radius 3 is 2.32 bits per heavy atom. The summed E-state index contributed by atoms with van der Waals surface area (Å²) in [6, 6.07) is 11.7. The minimum atomic E-state index is -0.178. The van der Waals surface area contributed by atoms with Gasteiger partial charge >= 0.3 is 0 Å². The van der Waals surface area contributed by atoms with Crippen LogP contribution in [0, 0.1) is 5.82 Å². The Morgan fingerprint density at radius 2 is 1.82 bits per heavy atom. The fourth-order valence-corrected chi connectivity index (χ4v) is 3.24. The molecular formula is C16H16Cl2FNOS. The van der Waals surface area contributed by atoms with E-state index in [-0.39, 0.29) is 11.6 Å². The summed E-state index contributed by atoms with van der Waals surface area (Å²) in [5.74, 6) is -0.0830. The molecule has 2 aromatic carbocycles. The van der Waals surface area contributed by atoms with E-state index in [0.29, 0.717) is 21.0 Å². The van der Waals surface area contributed by atoms with E-state index >= 15 is 0 Å². The molecule has 1 fully saturated rings. The Balaban J connectivity index is 0.000000211. The molecule has 0 atom stereocenters. The Labute approximate surface area is 143 Å². The van der Waals surface area contributed by atoms with Crippen molar-refractivity contribution in [2.45, 2.75) is 30.2 Å². The van der Waals surface area contributed by atoms with Gasteiger partial charge in [-0.15, -0.1) is 0 Å². The van der Waals surface area contributed by atoms with Gasteiger partial charge in [0, 0.05) is 11.1 Å². The van der Waals surface area contributed by atoms with Crippen molar-refractivity contribution < 1.29 is 9.50 Å². The lowest BCUT2D eigenvalue weighted by molar-refractivity contribution is 0.395. The van der Waals surface area contributed by atoms with Gasteiger partial charge in [0.15, 0.2) is 0 Å². The summed E-state index contributed by atoms with van der Waals surface area (Å²) >= 11 is 13.0. The number of hydrogen-bond donors (Lipinski definition) is 2. The molecule has 1 aliphatic carbocycles. The highest BCUT2D eigenvalue weighted by atomic mass is 35.5. The van der Waals surface area contributed by atoms with Crippen molar-refractivity contribution in [1.29, 1.82) is 0 Å². The minimum absolute atomic E-state index is 0.0953. The van der Waals surface area contributed by atoms with Crippen molar-refractivity contribution in [3.05, 3.63) is 58.3 Å². The number of benzene rings is 2. The van der Waals surface area contributed by atoms with Gasteiger partial charge in [-0.05, 0) is 49.1 Å². The quantitative estimate of drug-likeness (QED) is 0.692. The van der Waals surface area contributed by atoms with Crippen LogP contribution in [0.5, 0.6) is 5.75 Å². The lowest BCUT2D eigenvalue weighted by Crippen LogP contribution is -2.29. The van der Waals surface area contributed by atoms with Gasteiger partial charge in [0.2, 0.25) is 0 Å². The van der Waals surface area contributed by atoms with Gasteiger partial charge in [0.1, 0.15) is 11.6 Å². The van der Waals surface area contributed by atoms with Crippen LogP contribution in [0.1, 0.15) is 19.3 Å². The second-order valence-corrected chi connectivity index (χ2v) is 6.60. The lowest BCUT2D eigenvalue weighted by atomic mass is 9.94. The summed E-state index contributed by atoms with van der Waals surface area (Å²) < 4.78 is 15.2. The number of rotatable bonds is 3. The van der Waals surface area contributed by atoms with Gasteiger partial charge < -0.3 is 5.11 Å². The maximum atomic E-state index is 11.9. The van der Waals surface area contributed by atoms with E-state index in [4.69, 9.17) is 23.2 Å². The molecule has 1 aliphatic rings. The molecule has 1 saturated carbocycles. The summed E-state index contributed by atoms with van der Waals surface area (Å²) in [5, 5.41) is 10.5. The molecule has 3 rings (SSSR count). The number of nitrogens with one attached hydrogen (secondary N) is 1. The third kappa shape index (κ3) is 5.36. The van der Waals surface area contributed by atoms with E-state index in [1.807, 2.05) is 0 Å². The fourth-order valence-electron chi connectivity index (χ4n) is 1.71. The van der Waals surface area contributed by atoms with Crippen molar-refractivity contribution in [2.75, 3.05) is 0 Å². The Bertz CT molecular complexity index is 609. The minimum Gasteiger partial charge on any atom is -0.505 e. The summed E-state index contributed by atoms with van der Waals surface area (Å²) in [4.78, 5) is 0.680. The molecule has 2 aromatic rings. The van der Waals surface area contributed by atoms with Crippen LogP contribution in [0.15, 0.2) is 47.4 Å². The summed E-state index contributed by atoms with van der Waals surface area (Å²) in [7, 11) is 0. The topological polar surface area (TPSA) is 32.3 Å². The van der Waals surface area contributed by atoms with Gasteiger partial charge in [0.25, 0.3) is 0 Å². The van der Waals surface area contributed by atoms with Crippen molar-refractivity contribution in [2.24, 2.45) is 0 Å². The normalized spacial score (nSPS) is 14.0. The first-order valence-electron chi connectivity index (χ1n) is 6.87. The van der Waals surface area contributed by atoms with Gasteiger partial charge in [0.05, 0.1) is 9.92 Å². The molecule has 0 aliphatic heterocycles. The number of halogens is 3. The number of phenols is 1. The zero-order valence-electron chi connectivity index (χ0n) is 11.7. The number of phenolic OH excluding ortho intramolecular Hbond substituents is 1. The monoisotopic (exact) mass is 359 g/mol. The van der Waals surface area contributed by atoms with Crippen molar-refractivity contribution in [1.82, 2.24) is 4.72 Å². The largest absolute Gasteiger partial charge is 0.505 e. The Morgan fingerprint density at radius 1 is 1.14 bits per heavy atom. The molecule has 0 aromatic heterocycles. The van der Waals surface area contributed by atoms with Crippen molar-refractivity contribution in [3.8, 4) is 5.75 Å². The predicted octanol–water partition coefficient (Wildman–Crippen LogP) is 5.67. The van der Waals surface area contributed by atoms with Crippen LogP contribution >= 0.6 is 35.1 Å². The van der Waals surface area contributed by atoms with E-state index in [9.17, 15) is 9.50 Å². The summed E-state index contributed by atoms with van der Waals surface area (Å²) in [6.07, 6.45) is 3.67. The third-order valence-corrected chi connectivity index (χ3v) is 4.66. The van der Waals surface area contributed by atoms with Crippen LogP contribution < -0.4 is 4.72 Å². The molecular weight excluding hydrogens is 344 g/mol. The molecule has 0 amide bonds. The molecule has 2 nitrogen and oxygen atoms in total. The number of hydrogen-bond acceptors (Lipinski definition) is 3. The van der Waals surface area contributed by atoms with Crippen LogP contribution in [-0.2, 0) is 0 Å². The first kappa shape index (κ1) is 17.4. The molecule has 0 bridgehead atoms. The Kier molecular flexibility index (Phi) is 6.83. The van der Waals surface area contributed by atoms with E-state index in [1.165, 1.54) is 49.4 Å². The van der Waals surface area contributed by atoms with E-state index < -0.39 is 0 Å². The summed E-state index contributed by atoms with van der Waals surface area (Å²) in [5.41, 5.74) is 0.